The Balaban J connectivity index is 0.00000338. The van der Waals surface area contributed by atoms with Gasteiger partial charge < -0.3 is 10.6 Å². The van der Waals surface area contributed by atoms with Crippen LogP contribution in [0.15, 0.2) is 30.3 Å². The van der Waals surface area contributed by atoms with Crippen LogP contribution in [0, 0.1) is 6.92 Å². The topological polar surface area (TPSA) is 59.2 Å². The smallest absolute Gasteiger partial charge is 0.222 e. The maximum atomic E-state index is 12.5. The van der Waals surface area contributed by atoms with Gasteiger partial charge in [0, 0.05) is 19.0 Å². The molecule has 2 N–H and O–H groups in total. The van der Waals surface area contributed by atoms with Gasteiger partial charge in [0.1, 0.15) is 5.01 Å². The summed E-state index contributed by atoms with van der Waals surface area (Å²) in [5.74, 6) is 0.203. The number of nitrogens with zero attached hydrogens (tertiary/aromatic N) is 2. The van der Waals surface area contributed by atoms with E-state index in [9.17, 15) is 4.79 Å². The number of unbranched alkanes of at least 4 members (excludes halogenated alkanes) is 3. The number of amides is 1. The van der Waals surface area contributed by atoms with Gasteiger partial charge in [-0.05, 0) is 33.2 Å². The molecule has 4 nitrogen and oxygen atoms in total. The van der Waals surface area contributed by atoms with Crippen molar-refractivity contribution in [3.05, 3.63) is 40.9 Å². The van der Waals surface area contributed by atoms with Gasteiger partial charge in [0.15, 0.2) is 0 Å². The number of thiazole rings is 1. The molecule has 0 bridgehead atoms. The van der Waals surface area contributed by atoms with Crippen LogP contribution in [0.25, 0.3) is 10.6 Å². The average Bonchev–Trinajstić information content (AvgIpc) is 3.02. The van der Waals surface area contributed by atoms with E-state index < -0.39 is 0 Å². The van der Waals surface area contributed by atoms with Crippen LogP contribution in [0.1, 0.15) is 55.6 Å². The molecule has 152 valence electrons. The fraction of sp³-hybridized carbons (Fsp3) is 0.500. The zero-order valence-corrected chi connectivity index (χ0v) is 18.8. The fourth-order valence-corrected chi connectivity index (χ4v) is 4.01. The Hall–Kier alpha value is -1.14. The van der Waals surface area contributed by atoms with Crippen LogP contribution in [0.4, 0.5) is 0 Å². The van der Waals surface area contributed by atoms with Gasteiger partial charge in [0.25, 0.3) is 0 Å². The number of aryl methyl sites for hydroxylation is 1. The van der Waals surface area contributed by atoms with Gasteiger partial charge in [0.2, 0.25) is 5.91 Å². The van der Waals surface area contributed by atoms with Crippen molar-refractivity contribution in [2.75, 3.05) is 13.6 Å². The number of hydrogen-bond acceptors (Lipinski definition) is 4. The second-order valence-corrected chi connectivity index (χ2v) is 7.50. The van der Waals surface area contributed by atoms with Crippen LogP contribution < -0.4 is 5.73 Å². The SMILES string of the molecule is Cc1nc(-c2ccccc2)sc1C(C)N(C)C(=O)CCCCCCN.Cl.Cl. The minimum absolute atomic E-state index is 0. The highest BCUT2D eigenvalue weighted by Crippen LogP contribution is 2.34. The van der Waals surface area contributed by atoms with Gasteiger partial charge in [-0.1, -0.05) is 43.2 Å². The molecule has 1 atom stereocenters. The third-order valence-electron chi connectivity index (χ3n) is 4.55. The summed E-state index contributed by atoms with van der Waals surface area (Å²) in [5.41, 5.74) is 7.64. The van der Waals surface area contributed by atoms with Crippen molar-refractivity contribution in [1.29, 1.82) is 0 Å². The Morgan fingerprint density at radius 3 is 2.41 bits per heavy atom. The molecule has 0 saturated carbocycles. The third-order valence-corrected chi connectivity index (χ3v) is 5.93. The Kier molecular flexibility index (Phi) is 12.6. The van der Waals surface area contributed by atoms with E-state index in [4.69, 9.17) is 10.7 Å². The molecule has 2 rings (SSSR count). The molecule has 0 saturated heterocycles. The Bertz CT molecular complexity index is 679. The molecule has 0 aliphatic rings. The normalized spacial score (nSPS) is 11.3. The first-order valence-electron chi connectivity index (χ1n) is 9.03. The molecule has 7 heteroatoms. The molecule has 1 aromatic heterocycles. The van der Waals surface area contributed by atoms with Crippen molar-refractivity contribution in [1.82, 2.24) is 9.88 Å². The van der Waals surface area contributed by atoms with Crippen LogP contribution >= 0.6 is 36.2 Å². The third kappa shape index (κ3) is 7.41. The molecule has 1 unspecified atom stereocenters. The van der Waals surface area contributed by atoms with Crippen molar-refractivity contribution < 1.29 is 4.79 Å². The highest BCUT2D eigenvalue weighted by atomic mass is 35.5. The lowest BCUT2D eigenvalue weighted by Crippen LogP contribution is -2.29. The zero-order chi connectivity index (χ0) is 18.2. The summed E-state index contributed by atoms with van der Waals surface area (Å²) < 4.78 is 0. The summed E-state index contributed by atoms with van der Waals surface area (Å²) in [7, 11) is 1.90. The quantitative estimate of drug-likeness (QED) is 0.541. The monoisotopic (exact) mass is 431 g/mol. The number of aromatic nitrogens is 1. The van der Waals surface area contributed by atoms with Gasteiger partial charge in [-0.25, -0.2) is 4.98 Å². The first-order chi connectivity index (χ1) is 12.0. The first-order valence-corrected chi connectivity index (χ1v) is 9.84. The van der Waals surface area contributed by atoms with Crippen LogP contribution in [0.2, 0.25) is 0 Å². The zero-order valence-electron chi connectivity index (χ0n) is 16.3. The summed E-state index contributed by atoms with van der Waals surface area (Å²) in [5, 5.41) is 1.02. The van der Waals surface area contributed by atoms with Gasteiger partial charge >= 0.3 is 0 Å². The molecule has 1 amide bonds. The van der Waals surface area contributed by atoms with Crippen LogP contribution in [0.5, 0.6) is 0 Å². The molecule has 0 aliphatic carbocycles. The van der Waals surface area contributed by atoms with Gasteiger partial charge in [-0.15, -0.1) is 36.2 Å². The minimum atomic E-state index is 0. The molecular weight excluding hydrogens is 401 g/mol. The van der Waals surface area contributed by atoms with E-state index in [1.807, 2.05) is 37.1 Å². The highest BCUT2D eigenvalue weighted by molar-refractivity contribution is 7.15. The van der Waals surface area contributed by atoms with Crippen molar-refractivity contribution in [2.45, 2.75) is 52.0 Å². The predicted octanol–water partition coefficient (Wildman–Crippen LogP) is 5.39. The van der Waals surface area contributed by atoms with Crippen LogP contribution in [0.3, 0.4) is 0 Å². The number of carbonyl (C=O) groups excluding carboxylic acids is 1. The summed E-state index contributed by atoms with van der Waals surface area (Å²) >= 11 is 1.68. The number of rotatable bonds is 9. The Morgan fingerprint density at radius 2 is 1.78 bits per heavy atom. The van der Waals surface area contributed by atoms with Crippen LogP contribution in [-0.2, 0) is 4.79 Å². The molecule has 2 aromatic rings. The highest BCUT2D eigenvalue weighted by Gasteiger charge is 2.22. The van der Waals surface area contributed by atoms with E-state index in [0.717, 1.165) is 53.4 Å². The van der Waals surface area contributed by atoms with Crippen molar-refractivity contribution in [3.63, 3.8) is 0 Å². The standard InChI is InChI=1S/C20H29N3OS.2ClH/c1-15-19(25-20(22-15)17-11-7-6-8-12-17)16(2)23(3)18(24)13-9-4-5-10-14-21;;/h6-8,11-12,16H,4-5,9-10,13-14,21H2,1-3H3;2*1H. The van der Waals surface area contributed by atoms with Crippen LogP contribution in [-0.4, -0.2) is 29.4 Å². The number of hydrogen-bond donors (Lipinski definition) is 1. The second-order valence-electron chi connectivity index (χ2n) is 6.47. The van der Waals surface area contributed by atoms with Gasteiger partial charge in [0.05, 0.1) is 16.6 Å². The largest absolute Gasteiger partial charge is 0.338 e. The number of halogens is 2. The Labute approximate surface area is 179 Å². The molecule has 0 spiro atoms. The van der Waals surface area contributed by atoms with Gasteiger partial charge in [-0.2, -0.15) is 0 Å². The summed E-state index contributed by atoms with van der Waals surface area (Å²) in [6.45, 7) is 4.85. The molecule has 1 heterocycles. The maximum absolute atomic E-state index is 12.5. The van der Waals surface area contributed by atoms with Crippen molar-refractivity contribution in [2.24, 2.45) is 5.73 Å². The number of carbonyl (C=O) groups is 1. The molecule has 27 heavy (non-hydrogen) atoms. The van der Waals surface area contributed by atoms with E-state index in [1.54, 1.807) is 11.3 Å². The number of benzene rings is 1. The van der Waals surface area contributed by atoms with E-state index in [2.05, 4.69) is 19.1 Å². The van der Waals surface area contributed by atoms with E-state index >= 15 is 0 Å². The molecule has 0 fully saturated rings. The van der Waals surface area contributed by atoms with Crippen molar-refractivity contribution in [3.8, 4) is 10.6 Å². The van der Waals surface area contributed by atoms with E-state index in [1.165, 1.54) is 0 Å². The summed E-state index contributed by atoms with van der Waals surface area (Å²) in [6.07, 6.45) is 4.77. The van der Waals surface area contributed by atoms with E-state index in [-0.39, 0.29) is 36.8 Å². The average molecular weight is 432 g/mol. The minimum Gasteiger partial charge on any atom is -0.338 e. The molecule has 0 aliphatic heterocycles. The lowest BCUT2D eigenvalue weighted by molar-refractivity contribution is -0.131. The molecule has 0 radical (unpaired) electrons. The van der Waals surface area contributed by atoms with Crippen molar-refractivity contribution >= 4 is 42.1 Å². The lowest BCUT2D eigenvalue weighted by Gasteiger charge is -2.24. The summed E-state index contributed by atoms with van der Waals surface area (Å²) in [6, 6.07) is 10.2. The maximum Gasteiger partial charge on any atom is 0.222 e. The van der Waals surface area contributed by atoms with E-state index in [0.29, 0.717) is 6.42 Å². The first kappa shape index (κ1) is 25.9. The fourth-order valence-electron chi connectivity index (χ4n) is 2.84. The van der Waals surface area contributed by atoms with Gasteiger partial charge in [-0.3, -0.25) is 4.79 Å². The number of nitrogens with two attached hydrogens (primary N) is 1. The lowest BCUT2D eigenvalue weighted by atomic mass is 10.1. The Morgan fingerprint density at radius 1 is 1.15 bits per heavy atom. The second kappa shape index (κ2) is 13.1. The predicted molar refractivity (Wildman–Crippen MR) is 120 cm³/mol. The molecule has 1 aromatic carbocycles. The molecular formula is C20H31Cl2N3OS. The summed E-state index contributed by atoms with van der Waals surface area (Å²) in [4.78, 5) is 20.2.